The van der Waals surface area contributed by atoms with E-state index in [0.29, 0.717) is 6.10 Å². The molecule has 0 saturated heterocycles. The summed E-state index contributed by atoms with van der Waals surface area (Å²) in [6, 6.07) is 8.38. The van der Waals surface area contributed by atoms with Crippen molar-refractivity contribution in [1.29, 1.82) is 0 Å². The van der Waals surface area contributed by atoms with Crippen molar-refractivity contribution in [2.75, 3.05) is 31.1 Å². The Morgan fingerprint density at radius 3 is 2.94 bits per heavy atom. The van der Waals surface area contributed by atoms with Crippen molar-refractivity contribution in [3.63, 3.8) is 0 Å². The summed E-state index contributed by atoms with van der Waals surface area (Å²) in [7, 11) is 0. The highest BCUT2D eigenvalue weighted by atomic mass is 16.5. The molecule has 1 aliphatic rings. The van der Waals surface area contributed by atoms with Crippen molar-refractivity contribution < 1.29 is 4.74 Å². The first-order valence-corrected chi connectivity index (χ1v) is 7.06. The summed E-state index contributed by atoms with van der Waals surface area (Å²) in [6.45, 7) is 8.60. The zero-order valence-electron chi connectivity index (χ0n) is 11.5. The molecule has 100 valence electrons. The van der Waals surface area contributed by atoms with Gasteiger partial charge in [-0.25, -0.2) is 0 Å². The van der Waals surface area contributed by atoms with Gasteiger partial charge in [0.2, 0.25) is 0 Å². The van der Waals surface area contributed by atoms with E-state index in [9.17, 15) is 0 Å². The Labute approximate surface area is 110 Å². The molecule has 3 nitrogen and oxygen atoms in total. The molecule has 0 fully saturated rings. The SMILES string of the molecule is CCNCCCN1CC(CC)Oc2ccccc21. The van der Waals surface area contributed by atoms with Gasteiger partial charge in [-0.05, 0) is 38.1 Å². The van der Waals surface area contributed by atoms with Gasteiger partial charge in [-0.3, -0.25) is 0 Å². The molecule has 0 saturated carbocycles. The monoisotopic (exact) mass is 248 g/mol. The number of anilines is 1. The molecule has 2 rings (SSSR count). The van der Waals surface area contributed by atoms with Crippen molar-refractivity contribution >= 4 is 5.69 Å². The van der Waals surface area contributed by atoms with Gasteiger partial charge in [0, 0.05) is 6.54 Å². The van der Waals surface area contributed by atoms with Crippen LogP contribution in [0, 0.1) is 0 Å². The maximum Gasteiger partial charge on any atom is 0.143 e. The predicted octanol–water partition coefficient (Wildman–Crippen LogP) is 2.66. The fraction of sp³-hybridized carbons (Fsp3) is 0.600. The van der Waals surface area contributed by atoms with Gasteiger partial charge in [0.05, 0.1) is 12.2 Å². The normalized spacial score (nSPS) is 18.3. The second-order valence-corrected chi connectivity index (χ2v) is 4.77. The fourth-order valence-corrected chi connectivity index (χ4v) is 2.37. The Hall–Kier alpha value is -1.22. The van der Waals surface area contributed by atoms with Crippen LogP contribution in [0.3, 0.4) is 0 Å². The number of nitrogens with zero attached hydrogens (tertiary/aromatic N) is 1. The minimum absolute atomic E-state index is 0.332. The second-order valence-electron chi connectivity index (χ2n) is 4.77. The lowest BCUT2D eigenvalue weighted by molar-refractivity contribution is 0.189. The molecular weight excluding hydrogens is 224 g/mol. The van der Waals surface area contributed by atoms with Crippen LogP contribution in [-0.2, 0) is 0 Å². The molecule has 0 bridgehead atoms. The van der Waals surface area contributed by atoms with Gasteiger partial charge >= 0.3 is 0 Å². The third kappa shape index (κ3) is 3.16. The van der Waals surface area contributed by atoms with Crippen molar-refractivity contribution in [2.24, 2.45) is 0 Å². The molecule has 1 unspecified atom stereocenters. The van der Waals surface area contributed by atoms with E-state index in [1.807, 2.05) is 6.07 Å². The summed E-state index contributed by atoms with van der Waals surface area (Å²) >= 11 is 0. The highest BCUT2D eigenvalue weighted by Crippen LogP contribution is 2.33. The van der Waals surface area contributed by atoms with Crippen molar-refractivity contribution in [3.05, 3.63) is 24.3 Å². The van der Waals surface area contributed by atoms with Gasteiger partial charge in [-0.1, -0.05) is 26.0 Å². The largest absolute Gasteiger partial charge is 0.486 e. The summed E-state index contributed by atoms with van der Waals surface area (Å²) in [4.78, 5) is 2.46. The van der Waals surface area contributed by atoms with Crippen LogP contribution < -0.4 is 15.0 Å². The Morgan fingerprint density at radius 2 is 2.17 bits per heavy atom. The molecule has 0 radical (unpaired) electrons. The summed E-state index contributed by atoms with van der Waals surface area (Å²) in [5.74, 6) is 1.04. The first-order valence-electron chi connectivity index (χ1n) is 7.06. The van der Waals surface area contributed by atoms with E-state index in [0.717, 1.165) is 38.3 Å². The van der Waals surface area contributed by atoms with Crippen molar-refractivity contribution in [2.45, 2.75) is 32.8 Å². The van der Waals surface area contributed by atoms with Crippen LogP contribution in [0.1, 0.15) is 26.7 Å². The highest BCUT2D eigenvalue weighted by Gasteiger charge is 2.23. The molecule has 0 spiro atoms. The van der Waals surface area contributed by atoms with Crippen LogP contribution in [0.15, 0.2) is 24.3 Å². The van der Waals surface area contributed by atoms with E-state index in [1.54, 1.807) is 0 Å². The third-order valence-corrected chi connectivity index (χ3v) is 3.41. The predicted molar refractivity (Wildman–Crippen MR) is 76.5 cm³/mol. The minimum Gasteiger partial charge on any atom is -0.486 e. The maximum absolute atomic E-state index is 5.98. The smallest absolute Gasteiger partial charge is 0.143 e. The first kappa shape index (κ1) is 13.2. The van der Waals surface area contributed by atoms with Gasteiger partial charge < -0.3 is 15.0 Å². The average Bonchev–Trinajstić information content (AvgIpc) is 2.43. The topological polar surface area (TPSA) is 24.5 Å². The van der Waals surface area contributed by atoms with Gasteiger partial charge in [0.25, 0.3) is 0 Å². The van der Waals surface area contributed by atoms with Gasteiger partial charge in [0.1, 0.15) is 11.9 Å². The number of nitrogens with one attached hydrogen (secondary N) is 1. The molecule has 1 heterocycles. The number of rotatable bonds is 6. The molecule has 0 amide bonds. The number of para-hydroxylation sites is 2. The summed E-state index contributed by atoms with van der Waals surface area (Å²) in [5, 5.41) is 3.38. The summed E-state index contributed by atoms with van der Waals surface area (Å²) in [5.41, 5.74) is 1.25. The van der Waals surface area contributed by atoms with E-state index in [-0.39, 0.29) is 0 Å². The van der Waals surface area contributed by atoms with E-state index < -0.39 is 0 Å². The number of fused-ring (bicyclic) bond motifs is 1. The lowest BCUT2D eigenvalue weighted by Gasteiger charge is -2.36. The lowest BCUT2D eigenvalue weighted by atomic mass is 10.1. The molecule has 3 heteroatoms. The molecule has 1 aliphatic heterocycles. The van der Waals surface area contributed by atoms with Gasteiger partial charge in [-0.2, -0.15) is 0 Å². The molecule has 1 atom stereocenters. The zero-order chi connectivity index (χ0) is 12.8. The lowest BCUT2D eigenvalue weighted by Crippen LogP contribution is -2.40. The molecule has 0 aromatic heterocycles. The Morgan fingerprint density at radius 1 is 1.33 bits per heavy atom. The van der Waals surface area contributed by atoms with Crippen LogP contribution in [-0.4, -0.2) is 32.3 Å². The number of ether oxygens (including phenoxy) is 1. The van der Waals surface area contributed by atoms with E-state index in [4.69, 9.17) is 4.74 Å². The van der Waals surface area contributed by atoms with Crippen LogP contribution in [0.5, 0.6) is 5.75 Å². The molecule has 1 aromatic carbocycles. The maximum atomic E-state index is 5.98. The Kier molecular flexibility index (Phi) is 4.88. The molecule has 0 aliphatic carbocycles. The standard InChI is InChI=1S/C15H24N2O/c1-3-13-12-17(11-7-10-16-4-2)14-8-5-6-9-15(14)18-13/h5-6,8-9,13,16H,3-4,7,10-12H2,1-2H3. The minimum atomic E-state index is 0.332. The highest BCUT2D eigenvalue weighted by molar-refractivity contribution is 5.60. The first-order chi connectivity index (χ1) is 8.85. The van der Waals surface area contributed by atoms with Crippen LogP contribution >= 0.6 is 0 Å². The van der Waals surface area contributed by atoms with E-state index in [1.165, 1.54) is 12.1 Å². The molecule has 1 N–H and O–H groups in total. The van der Waals surface area contributed by atoms with Crippen LogP contribution in [0.25, 0.3) is 0 Å². The number of hydrogen-bond acceptors (Lipinski definition) is 3. The molecular formula is C15H24N2O. The van der Waals surface area contributed by atoms with Crippen molar-refractivity contribution in [1.82, 2.24) is 5.32 Å². The average molecular weight is 248 g/mol. The van der Waals surface area contributed by atoms with Crippen LogP contribution in [0.4, 0.5) is 5.69 Å². The molecule has 1 aromatic rings. The van der Waals surface area contributed by atoms with Crippen molar-refractivity contribution in [3.8, 4) is 5.75 Å². The van der Waals surface area contributed by atoms with E-state index >= 15 is 0 Å². The number of hydrogen-bond donors (Lipinski definition) is 1. The van der Waals surface area contributed by atoms with Crippen LogP contribution in [0.2, 0.25) is 0 Å². The number of benzene rings is 1. The Balaban J connectivity index is 2.00. The van der Waals surface area contributed by atoms with Gasteiger partial charge in [0.15, 0.2) is 0 Å². The second kappa shape index (κ2) is 6.64. The Bertz CT molecular complexity index is 367. The summed E-state index contributed by atoms with van der Waals surface area (Å²) in [6.07, 6.45) is 2.58. The third-order valence-electron chi connectivity index (χ3n) is 3.41. The molecule has 18 heavy (non-hydrogen) atoms. The van der Waals surface area contributed by atoms with E-state index in [2.05, 4.69) is 42.3 Å². The quantitative estimate of drug-likeness (QED) is 0.783. The zero-order valence-corrected chi connectivity index (χ0v) is 11.5. The van der Waals surface area contributed by atoms with Gasteiger partial charge in [-0.15, -0.1) is 0 Å². The summed E-state index contributed by atoms with van der Waals surface area (Å²) < 4.78 is 5.98. The fourth-order valence-electron chi connectivity index (χ4n) is 2.37.